The number of halogens is 2. The first-order valence-corrected chi connectivity index (χ1v) is 8.42. The van der Waals surface area contributed by atoms with Gasteiger partial charge in [-0.3, -0.25) is 9.59 Å². The SMILES string of the molecule is Cc1ccc(N2C(=O)SC(Nc3cc(Cl)ccc3Cl)C2=O)cc1. The molecule has 4 nitrogen and oxygen atoms in total. The highest BCUT2D eigenvalue weighted by Crippen LogP contribution is 2.34. The second-order valence-electron chi connectivity index (χ2n) is 5.04. The second kappa shape index (κ2) is 6.43. The molecule has 2 amide bonds. The highest BCUT2D eigenvalue weighted by atomic mass is 35.5. The number of nitrogens with one attached hydrogen (secondary N) is 1. The van der Waals surface area contributed by atoms with Gasteiger partial charge in [-0.05, 0) is 49.0 Å². The molecule has 1 aliphatic rings. The van der Waals surface area contributed by atoms with E-state index in [1.165, 1.54) is 4.90 Å². The Morgan fingerprint density at radius 1 is 1.09 bits per heavy atom. The average Bonchev–Trinajstić information content (AvgIpc) is 2.79. The zero-order valence-electron chi connectivity index (χ0n) is 12.0. The number of nitrogens with zero attached hydrogens (tertiary/aromatic N) is 1. The van der Waals surface area contributed by atoms with E-state index in [-0.39, 0.29) is 11.1 Å². The summed E-state index contributed by atoms with van der Waals surface area (Å²) in [6.07, 6.45) is 0. The maximum atomic E-state index is 12.5. The van der Waals surface area contributed by atoms with Gasteiger partial charge in [-0.2, -0.15) is 0 Å². The first-order valence-electron chi connectivity index (χ1n) is 6.78. The number of imide groups is 1. The Kier molecular flexibility index (Phi) is 4.53. The number of rotatable bonds is 3. The van der Waals surface area contributed by atoms with Crippen LogP contribution in [0.2, 0.25) is 10.0 Å². The largest absolute Gasteiger partial charge is 0.364 e. The minimum atomic E-state index is -0.736. The van der Waals surface area contributed by atoms with Crippen molar-refractivity contribution in [2.45, 2.75) is 12.3 Å². The number of amides is 2. The van der Waals surface area contributed by atoms with E-state index in [1.807, 2.05) is 19.1 Å². The van der Waals surface area contributed by atoms with Gasteiger partial charge in [0.2, 0.25) is 0 Å². The number of aryl methyl sites for hydroxylation is 1. The van der Waals surface area contributed by atoms with Crippen molar-refractivity contribution in [3.8, 4) is 0 Å². The second-order valence-corrected chi connectivity index (χ2v) is 6.94. The van der Waals surface area contributed by atoms with Crippen LogP contribution in [0, 0.1) is 6.92 Å². The summed E-state index contributed by atoms with van der Waals surface area (Å²) in [6.45, 7) is 1.94. The fourth-order valence-corrected chi connectivity index (χ4v) is 3.42. The summed E-state index contributed by atoms with van der Waals surface area (Å²) in [6, 6.07) is 12.1. The van der Waals surface area contributed by atoms with Crippen molar-refractivity contribution in [2.24, 2.45) is 0 Å². The van der Waals surface area contributed by atoms with Crippen LogP contribution in [0.15, 0.2) is 42.5 Å². The molecule has 0 saturated carbocycles. The summed E-state index contributed by atoms with van der Waals surface area (Å²) >= 11 is 12.9. The van der Waals surface area contributed by atoms with Gasteiger partial charge >= 0.3 is 0 Å². The normalized spacial score (nSPS) is 17.7. The maximum Gasteiger partial charge on any atom is 0.295 e. The standard InChI is InChI=1S/C16H12Cl2N2O2S/c1-9-2-5-11(6-3-9)20-15(21)14(23-16(20)22)19-13-8-10(17)4-7-12(13)18/h2-8,14,19H,1H3. The molecule has 1 atom stereocenters. The van der Waals surface area contributed by atoms with Gasteiger partial charge in [-0.15, -0.1) is 0 Å². The van der Waals surface area contributed by atoms with Gasteiger partial charge in [0.25, 0.3) is 11.1 Å². The molecule has 0 aliphatic carbocycles. The van der Waals surface area contributed by atoms with E-state index in [2.05, 4.69) is 5.32 Å². The third-order valence-electron chi connectivity index (χ3n) is 3.35. The van der Waals surface area contributed by atoms with Crippen molar-refractivity contribution in [1.29, 1.82) is 0 Å². The van der Waals surface area contributed by atoms with Crippen LogP contribution in [0.25, 0.3) is 0 Å². The van der Waals surface area contributed by atoms with Gasteiger partial charge in [0.15, 0.2) is 5.37 Å². The van der Waals surface area contributed by atoms with E-state index in [4.69, 9.17) is 23.2 Å². The summed E-state index contributed by atoms with van der Waals surface area (Å²) in [5.74, 6) is -0.333. The number of benzene rings is 2. The van der Waals surface area contributed by atoms with Crippen LogP contribution in [-0.4, -0.2) is 16.5 Å². The molecular weight excluding hydrogens is 355 g/mol. The molecule has 0 radical (unpaired) electrons. The Morgan fingerprint density at radius 3 is 2.48 bits per heavy atom. The summed E-state index contributed by atoms with van der Waals surface area (Å²) in [5.41, 5.74) is 2.13. The van der Waals surface area contributed by atoms with E-state index in [9.17, 15) is 9.59 Å². The topological polar surface area (TPSA) is 49.4 Å². The number of carbonyl (C=O) groups excluding carboxylic acids is 2. The van der Waals surface area contributed by atoms with Crippen molar-refractivity contribution in [3.63, 3.8) is 0 Å². The van der Waals surface area contributed by atoms with Gasteiger partial charge < -0.3 is 5.32 Å². The van der Waals surface area contributed by atoms with Crippen molar-refractivity contribution in [3.05, 3.63) is 58.1 Å². The molecule has 0 bridgehead atoms. The molecule has 23 heavy (non-hydrogen) atoms. The van der Waals surface area contributed by atoms with E-state index in [0.717, 1.165) is 17.3 Å². The quantitative estimate of drug-likeness (QED) is 0.835. The zero-order valence-corrected chi connectivity index (χ0v) is 14.4. The third kappa shape index (κ3) is 3.32. The number of anilines is 2. The van der Waals surface area contributed by atoms with Crippen LogP contribution < -0.4 is 10.2 Å². The Balaban J connectivity index is 1.83. The van der Waals surface area contributed by atoms with Crippen LogP contribution in [0.3, 0.4) is 0 Å². The van der Waals surface area contributed by atoms with Gasteiger partial charge in [0.05, 0.1) is 16.4 Å². The van der Waals surface area contributed by atoms with Gasteiger partial charge in [0, 0.05) is 5.02 Å². The zero-order chi connectivity index (χ0) is 16.6. The molecule has 1 heterocycles. The first kappa shape index (κ1) is 16.2. The molecule has 7 heteroatoms. The maximum absolute atomic E-state index is 12.5. The van der Waals surface area contributed by atoms with Crippen LogP contribution in [0.4, 0.5) is 16.2 Å². The van der Waals surface area contributed by atoms with Gasteiger partial charge in [-0.1, -0.05) is 40.9 Å². The van der Waals surface area contributed by atoms with Crippen molar-refractivity contribution in [2.75, 3.05) is 10.2 Å². The molecule has 2 aromatic carbocycles. The van der Waals surface area contributed by atoms with Gasteiger partial charge in [0.1, 0.15) is 0 Å². The fourth-order valence-electron chi connectivity index (χ4n) is 2.18. The third-order valence-corrected chi connectivity index (χ3v) is 4.86. The molecule has 3 rings (SSSR count). The van der Waals surface area contributed by atoms with Crippen LogP contribution in [0.5, 0.6) is 0 Å². The van der Waals surface area contributed by atoms with E-state index in [0.29, 0.717) is 21.4 Å². The van der Waals surface area contributed by atoms with E-state index >= 15 is 0 Å². The summed E-state index contributed by atoms with van der Waals surface area (Å²) in [4.78, 5) is 25.9. The molecule has 1 unspecified atom stereocenters. The van der Waals surface area contributed by atoms with Crippen molar-refractivity contribution >= 4 is 57.5 Å². The fraction of sp³-hybridized carbons (Fsp3) is 0.125. The summed E-state index contributed by atoms with van der Waals surface area (Å²) < 4.78 is 0. The van der Waals surface area contributed by atoms with Gasteiger partial charge in [-0.25, -0.2) is 4.90 Å². The highest BCUT2D eigenvalue weighted by molar-refractivity contribution is 8.16. The molecule has 0 aromatic heterocycles. The lowest BCUT2D eigenvalue weighted by Gasteiger charge is -2.15. The number of carbonyl (C=O) groups is 2. The van der Waals surface area contributed by atoms with E-state index in [1.54, 1.807) is 30.3 Å². The summed E-state index contributed by atoms with van der Waals surface area (Å²) in [5, 5.41) is 2.84. The van der Waals surface area contributed by atoms with Crippen molar-refractivity contribution < 1.29 is 9.59 Å². The molecule has 1 aliphatic heterocycles. The lowest BCUT2D eigenvalue weighted by Crippen LogP contribution is -2.34. The lowest BCUT2D eigenvalue weighted by molar-refractivity contribution is -0.116. The first-order chi connectivity index (χ1) is 11.0. The molecular formula is C16H12Cl2N2O2S. The molecule has 1 fully saturated rings. The Bertz CT molecular complexity index is 780. The highest BCUT2D eigenvalue weighted by Gasteiger charge is 2.40. The molecule has 0 spiro atoms. The molecule has 2 aromatic rings. The Hall–Kier alpha value is -1.69. The number of thioether (sulfide) groups is 1. The predicted octanol–water partition coefficient (Wildman–Crippen LogP) is 4.94. The lowest BCUT2D eigenvalue weighted by atomic mass is 10.2. The van der Waals surface area contributed by atoms with Crippen LogP contribution in [-0.2, 0) is 4.79 Å². The van der Waals surface area contributed by atoms with Crippen LogP contribution >= 0.6 is 35.0 Å². The average molecular weight is 367 g/mol. The van der Waals surface area contributed by atoms with Crippen LogP contribution in [0.1, 0.15) is 5.56 Å². The molecule has 1 N–H and O–H groups in total. The van der Waals surface area contributed by atoms with E-state index < -0.39 is 5.37 Å². The minimum absolute atomic E-state index is 0.325. The molecule has 1 saturated heterocycles. The number of hydrogen-bond donors (Lipinski definition) is 1. The Morgan fingerprint density at radius 2 is 1.78 bits per heavy atom. The van der Waals surface area contributed by atoms with Crippen molar-refractivity contribution in [1.82, 2.24) is 0 Å². The smallest absolute Gasteiger partial charge is 0.295 e. The summed E-state index contributed by atoms with van der Waals surface area (Å²) in [7, 11) is 0. The Labute approximate surface area is 147 Å². The molecule has 118 valence electrons. The minimum Gasteiger partial charge on any atom is -0.364 e. The predicted molar refractivity (Wildman–Crippen MR) is 95.5 cm³/mol. The monoisotopic (exact) mass is 366 g/mol. The number of hydrogen-bond acceptors (Lipinski definition) is 4.